The van der Waals surface area contributed by atoms with Crippen molar-refractivity contribution < 1.29 is 9.23 Å². The van der Waals surface area contributed by atoms with Crippen molar-refractivity contribution in [1.29, 1.82) is 0 Å². The van der Waals surface area contributed by atoms with Crippen molar-refractivity contribution in [2.75, 3.05) is 7.18 Å². The van der Waals surface area contributed by atoms with Crippen LogP contribution in [0.15, 0.2) is 59.0 Å². The molecule has 0 bridgehead atoms. The van der Waals surface area contributed by atoms with Gasteiger partial charge in [-0.05, 0) is 18.6 Å². The normalized spacial score (nSPS) is 17.8. The lowest BCUT2D eigenvalue weighted by molar-refractivity contribution is 0.114. The first-order chi connectivity index (χ1) is 10.3. The number of halogens is 1. The smallest absolute Gasteiger partial charge is 0.159 e. The van der Waals surface area contributed by atoms with Crippen molar-refractivity contribution in [1.82, 2.24) is 4.98 Å². The highest BCUT2D eigenvalue weighted by Crippen LogP contribution is 2.21. The standard InChI is InChI=1S/C15H17N3O.CH3F/c1-3-8-16-11-12(4-2)15-10-14(18-19-15)13-7-5-6-9-17-13;1-2/h4-9,11,15H,2-3,10H2,1H3;1H3/b12-11+,16-8?;. The fourth-order valence-corrected chi connectivity index (χ4v) is 1.75. The molecule has 0 aliphatic carbocycles. The summed E-state index contributed by atoms with van der Waals surface area (Å²) in [5.41, 5.74) is 2.64. The van der Waals surface area contributed by atoms with E-state index in [0.29, 0.717) is 13.6 Å². The van der Waals surface area contributed by atoms with E-state index in [-0.39, 0.29) is 6.10 Å². The monoisotopic (exact) mass is 289 g/mol. The molecule has 0 saturated carbocycles. The Bertz CT molecular complexity index is 524. The minimum atomic E-state index is -0.122. The molecule has 0 N–H and O–H groups in total. The van der Waals surface area contributed by atoms with E-state index in [0.717, 1.165) is 23.4 Å². The maximum Gasteiger partial charge on any atom is 0.159 e. The second-order valence-electron chi connectivity index (χ2n) is 4.12. The summed E-state index contributed by atoms with van der Waals surface area (Å²) >= 11 is 0. The molecule has 0 amide bonds. The molecule has 4 nitrogen and oxygen atoms in total. The number of rotatable bonds is 5. The summed E-state index contributed by atoms with van der Waals surface area (Å²) in [5.74, 6) is 0. The zero-order chi connectivity index (χ0) is 15.5. The fraction of sp³-hybridized carbons (Fsp3) is 0.312. The first kappa shape index (κ1) is 16.8. The Morgan fingerprint density at radius 2 is 2.33 bits per heavy atom. The number of aliphatic imine (C=N–C) groups is 1. The van der Waals surface area contributed by atoms with E-state index in [1.54, 1.807) is 18.5 Å². The van der Waals surface area contributed by atoms with Gasteiger partial charge in [-0.3, -0.25) is 14.4 Å². The second kappa shape index (κ2) is 9.58. The van der Waals surface area contributed by atoms with Gasteiger partial charge in [0.2, 0.25) is 0 Å². The van der Waals surface area contributed by atoms with Gasteiger partial charge in [0, 0.05) is 30.6 Å². The van der Waals surface area contributed by atoms with Crippen LogP contribution in [-0.4, -0.2) is 30.2 Å². The molecule has 2 heterocycles. The molecular formula is C16H20FN3O. The number of hydrogen-bond donors (Lipinski definition) is 0. The molecule has 1 aromatic heterocycles. The maximum absolute atomic E-state index is 9.50. The fourth-order valence-electron chi connectivity index (χ4n) is 1.75. The Labute approximate surface area is 124 Å². The van der Waals surface area contributed by atoms with Gasteiger partial charge in [0.15, 0.2) is 6.10 Å². The van der Waals surface area contributed by atoms with Crippen LogP contribution < -0.4 is 0 Å². The van der Waals surface area contributed by atoms with Gasteiger partial charge in [0.1, 0.15) is 5.71 Å². The number of nitrogens with zero attached hydrogens (tertiary/aromatic N) is 3. The summed E-state index contributed by atoms with van der Waals surface area (Å²) in [6, 6.07) is 5.75. The summed E-state index contributed by atoms with van der Waals surface area (Å²) in [7, 11) is 0.500. The van der Waals surface area contributed by atoms with Gasteiger partial charge < -0.3 is 4.84 Å². The third-order valence-corrected chi connectivity index (χ3v) is 2.75. The molecule has 2 rings (SSSR count). The third-order valence-electron chi connectivity index (χ3n) is 2.75. The molecule has 1 aliphatic heterocycles. The van der Waals surface area contributed by atoms with Crippen LogP contribution in [0.5, 0.6) is 0 Å². The highest BCUT2D eigenvalue weighted by molar-refractivity contribution is 5.99. The highest BCUT2D eigenvalue weighted by Gasteiger charge is 2.24. The zero-order valence-electron chi connectivity index (χ0n) is 12.4. The van der Waals surface area contributed by atoms with Crippen molar-refractivity contribution in [3.05, 3.63) is 54.5 Å². The third kappa shape index (κ3) is 4.95. The van der Waals surface area contributed by atoms with E-state index < -0.39 is 0 Å². The van der Waals surface area contributed by atoms with Gasteiger partial charge in [-0.25, -0.2) is 0 Å². The van der Waals surface area contributed by atoms with Crippen LogP contribution in [0.4, 0.5) is 4.39 Å². The van der Waals surface area contributed by atoms with Crippen molar-refractivity contribution in [2.24, 2.45) is 10.1 Å². The van der Waals surface area contributed by atoms with Gasteiger partial charge in [-0.2, -0.15) is 0 Å². The van der Waals surface area contributed by atoms with Crippen LogP contribution >= 0.6 is 0 Å². The maximum atomic E-state index is 9.50. The molecule has 0 radical (unpaired) electrons. The number of hydrogen-bond acceptors (Lipinski definition) is 4. The summed E-state index contributed by atoms with van der Waals surface area (Å²) in [5, 5.41) is 4.10. The van der Waals surface area contributed by atoms with E-state index >= 15 is 0 Å². The van der Waals surface area contributed by atoms with Crippen LogP contribution in [0.1, 0.15) is 25.5 Å². The predicted octanol–water partition coefficient (Wildman–Crippen LogP) is 3.71. The first-order valence-corrected chi connectivity index (χ1v) is 6.71. The molecule has 1 aliphatic rings. The molecule has 5 heteroatoms. The minimum absolute atomic E-state index is 0.122. The number of oxime groups is 1. The summed E-state index contributed by atoms with van der Waals surface area (Å²) in [6.07, 6.45) is 8.61. The van der Waals surface area contributed by atoms with Crippen LogP contribution in [0, 0.1) is 0 Å². The van der Waals surface area contributed by atoms with Crippen molar-refractivity contribution in [3.8, 4) is 0 Å². The molecule has 1 unspecified atom stereocenters. The second-order valence-corrected chi connectivity index (χ2v) is 4.12. The number of alkyl halides is 1. The lowest BCUT2D eigenvalue weighted by Gasteiger charge is -2.07. The zero-order valence-corrected chi connectivity index (χ0v) is 12.4. The van der Waals surface area contributed by atoms with Crippen LogP contribution in [-0.2, 0) is 4.84 Å². The Hall–Kier alpha value is -2.30. The average molecular weight is 289 g/mol. The van der Waals surface area contributed by atoms with Crippen LogP contribution in [0.2, 0.25) is 0 Å². The lowest BCUT2D eigenvalue weighted by Crippen LogP contribution is -2.11. The topological polar surface area (TPSA) is 46.8 Å². The largest absolute Gasteiger partial charge is 0.387 e. The highest BCUT2D eigenvalue weighted by atomic mass is 19.1. The Kier molecular flexibility index (Phi) is 7.64. The van der Waals surface area contributed by atoms with E-state index in [1.165, 1.54) is 0 Å². The molecule has 0 spiro atoms. The van der Waals surface area contributed by atoms with Crippen LogP contribution in [0.25, 0.3) is 0 Å². The molecule has 0 saturated heterocycles. The number of pyridine rings is 1. The summed E-state index contributed by atoms with van der Waals surface area (Å²) in [6.45, 7) is 5.83. The van der Waals surface area contributed by atoms with Crippen LogP contribution in [0.3, 0.4) is 0 Å². The molecule has 21 heavy (non-hydrogen) atoms. The molecule has 1 aromatic rings. The quantitative estimate of drug-likeness (QED) is 0.612. The average Bonchev–Trinajstić information content (AvgIpc) is 3.04. The summed E-state index contributed by atoms with van der Waals surface area (Å²) < 4.78 is 9.50. The Balaban J connectivity index is 0.00000106. The van der Waals surface area contributed by atoms with Crippen molar-refractivity contribution in [3.63, 3.8) is 0 Å². The Morgan fingerprint density at radius 3 is 2.95 bits per heavy atom. The van der Waals surface area contributed by atoms with E-state index in [1.807, 2.05) is 31.3 Å². The number of aromatic nitrogens is 1. The van der Waals surface area contributed by atoms with E-state index in [4.69, 9.17) is 4.84 Å². The Morgan fingerprint density at radius 1 is 1.52 bits per heavy atom. The van der Waals surface area contributed by atoms with E-state index in [2.05, 4.69) is 21.7 Å². The molecule has 0 aromatic carbocycles. The molecule has 1 atom stereocenters. The predicted molar refractivity (Wildman–Crippen MR) is 84.4 cm³/mol. The van der Waals surface area contributed by atoms with Crippen molar-refractivity contribution >= 4 is 11.9 Å². The summed E-state index contributed by atoms with van der Waals surface area (Å²) in [4.78, 5) is 13.9. The van der Waals surface area contributed by atoms with Gasteiger partial charge >= 0.3 is 0 Å². The first-order valence-electron chi connectivity index (χ1n) is 6.71. The molecule has 0 fully saturated rings. The SMILES string of the molecule is C=C/C(=C\N=CCC)C1CC(c2ccccn2)=NO1.CF. The molecule has 112 valence electrons. The minimum Gasteiger partial charge on any atom is -0.387 e. The van der Waals surface area contributed by atoms with Gasteiger partial charge in [0.05, 0.1) is 12.9 Å². The van der Waals surface area contributed by atoms with Crippen molar-refractivity contribution in [2.45, 2.75) is 25.9 Å². The van der Waals surface area contributed by atoms with Gasteiger partial charge in [0.25, 0.3) is 0 Å². The van der Waals surface area contributed by atoms with Gasteiger partial charge in [-0.15, -0.1) is 0 Å². The van der Waals surface area contributed by atoms with E-state index in [9.17, 15) is 4.39 Å². The van der Waals surface area contributed by atoms with Gasteiger partial charge in [-0.1, -0.05) is 30.8 Å². The lowest BCUT2D eigenvalue weighted by atomic mass is 10.0. The molecular weight excluding hydrogens is 269 g/mol.